The molecule has 0 aliphatic carbocycles. The first-order valence-corrected chi connectivity index (χ1v) is 11.5. The second-order valence-electron chi connectivity index (χ2n) is 10.4. The minimum Gasteiger partial charge on any atom is -0.351 e. The zero-order chi connectivity index (χ0) is 21.9. The third-order valence-electron chi connectivity index (χ3n) is 6.68. The Balaban J connectivity index is 1.57. The van der Waals surface area contributed by atoms with Gasteiger partial charge in [0.25, 0.3) is 0 Å². The van der Waals surface area contributed by atoms with Crippen LogP contribution < -0.4 is 5.32 Å². The molecule has 0 bridgehead atoms. The summed E-state index contributed by atoms with van der Waals surface area (Å²) in [5.74, 6) is 0.388. The minimum absolute atomic E-state index is 0.00754. The van der Waals surface area contributed by atoms with Crippen LogP contribution in [0.4, 0.5) is 0 Å². The predicted octanol–water partition coefficient (Wildman–Crippen LogP) is 3.47. The van der Waals surface area contributed by atoms with Crippen molar-refractivity contribution in [2.45, 2.75) is 66.5 Å². The fourth-order valence-corrected chi connectivity index (χ4v) is 4.52. The molecular weight excluding hydrogens is 374 g/mol. The molecule has 3 rings (SSSR count). The van der Waals surface area contributed by atoms with Crippen LogP contribution in [0.25, 0.3) is 0 Å². The number of benzene rings is 1. The number of amides is 2. The Morgan fingerprint density at radius 1 is 1.07 bits per heavy atom. The summed E-state index contributed by atoms with van der Waals surface area (Å²) in [6, 6.07) is 8.78. The molecule has 2 aliphatic heterocycles. The van der Waals surface area contributed by atoms with Crippen LogP contribution in [0.1, 0.15) is 58.6 Å². The van der Waals surface area contributed by atoms with Crippen molar-refractivity contribution in [3.63, 3.8) is 0 Å². The number of fused-ring (bicyclic) bond motifs is 1. The van der Waals surface area contributed by atoms with Gasteiger partial charge >= 0.3 is 0 Å². The molecule has 2 heterocycles. The fraction of sp³-hybridized carbons (Fsp3) is 0.680. The first-order chi connectivity index (χ1) is 14.1. The Morgan fingerprint density at radius 3 is 2.30 bits per heavy atom. The van der Waals surface area contributed by atoms with Crippen molar-refractivity contribution in [3.8, 4) is 0 Å². The summed E-state index contributed by atoms with van der Waals surface area (Å²) in [7, 11) is 0. The summed E-state index contributed by atoms with van der Waals surface area (Å²) >= 11 is 0. The Hall–Kier alpha value is -1.88. The lowest BCUT2D eigenvalue weighted by atomic mass is 9.84. The van der Waals surface area contributed by atoms with E-state index >= 15 is 0 Å². The van der Waals surface area contributed by atoms with Crippen LogP contribution in [0, 0.1) is 17.3 Å². The summed E-state index contributed by atoms with van der Waals surface area (Å²) < 4.78 is 0. The van der Waals surface area contributed by atoms with E-state index in [1.165, 1.54) is 11.1 Å². The van der Waals surface area contributed by atoms with Gasteiger partial charge in [-0.25, -0.2) is 0 Å². The highest BCUT2D eigenvalue weighted by atomic mass is 16.2. The van der Waals surface area contributed by atoms with Gasteiger partial charge in [0.05, 0.1) is 0 Å². The van der Waals surface area contributed by atoms with Gasteiger partial charge in [-0.1, -0.05) is 58.9 Å². The van der Waals surface area contributed by atoms with E-state index in [4.69, 9.17) is 0 Å². The molecule has 2 amide bonds. The molecule has 166 valence electrons. The van der Waals surface area contributed by atoms with Crippen LogP contribution in [0.3, 0.4) is 0 Å². The Kier molecular flexibility index (Phi) is 7.22. The third-order valence-corrected chi connectivity index (χ3v) is 6.68. The molecule has 30 heavy (non-hydrogen) atoms. The van der Waals surface area contributed by atoms with Crippen molar-refractivity contribution >= 4 is 11.8 Å². The van der Waals surface area contributed by atoms with Gasteiger partial charge in [0, 0.05) is 50.6 Å². The third kappa shape index (κ3) is 5.63. The number of nitrogens with zero attached hydrogens (tertiary/aromatic N) is 2. The van der Waals surface area contributed by atoms with Gasteiger partial charge in [-0.15, -0.1) is 0 Å². The number of carbonyl (C=O) groups excluding carboxylic acids is 2. The lowest BCUT2D eigenvalue weighted by molar-refractivity contribution is -0.138. The maximum absolute atomic E-state index is 13.1. The molecule has 1 unspecified atom stereocenters. The Bertz CT molecular complexity index is 745. The van der Waals surface area contributed by atoms with Gasteiger partial charge in [0.2, 0.25) is 11.8 Å². The van der Waals surface area contributed by atoms with E-state index in [1.807, 2.05) is 18.7 Å². The zero-order valence-corrected chi connectivity index (χ0v) is 19.4. The topological polar surface area (TPSA) is 52.7 Å². The zero-order valence-electron chi connectivity index (χ0n) is 19.4. The molecule has 5 nitrogen and oxygen atoms in total. The first-order valence-electron chi connectivity index (χ1n) is 11.5. The van der Waals surface area contributed by atoms with Crippen LogP contribution in [-0.2, 0) is 22.6 Å². The minimum atomic E-state index is -0.0130. The summed E-state index contributed by atoms with van der Waals surface area (Å²) in [5.41, 5.74) is 2.85. The van der Waals surface area contributed by atoms with Crippen LogP contribution >= 0.6 is 0 Å². The van der Waals surface area contributed by atoms with Crippen LogP contribution in [0.2, 0.25) is 0 Å². The molecule has 2 aliphatic rings. The second kappa shape index (κ2) is 9.51. The number of hydrogen-bond acceptors (Lipinski definition) is 3. The smallest absolute Gasteiger partial charge is 0.225 e. The van der Waals surface area contributed by atoms with Gasteiger partial charge in [0.15, 0.2) is 0 Å². The van der Waals surface area contributed by atoms with Crippen molar-refractivity contribution in [1.29, 1.82) is 0 Å². The number of hydrogen-bond donors (Lipinski definition) is 1. The number of nitrogens with one attached hydrogen (secondary N) is 1. The molecule has 1 N–H and O–H groups in total. The van der Waals surface area contributed by atoms with Crippen LogP contribution in [0.15, 0.2) is 24.3 Å². The highest BCUT2D eigenvalue weighted by Gasteiger charge is 2.33. The van der Waals surface area contributed by atoms with Crippen molar-refractivity contribution in [2.24, 2.45) is 17.3 Å². The number of rotatable bonds is 5. The highest BCUT2D eigenvalue weighted by Crippen LogP contribution is 2.26. The quantitative estimate of drug-likeness (QED) is 0.804. The molecule has 1 atom stereocenters. The first kappa shape index (κ1) is 22.8. The molecule has 1 aromatic rings. The number of piperidine rings is 1. The molecule has 0 radical (unpaired) electrons. The monoisotopic (exact) mass is 413 g/mol. The van der Waals surface area contributed by atoms with E-state index in [-0.39, 0.29) is 35.1 Å². The Morgan fingerprint density at radius 2 is 1.70 bits per heavy atom. The number of likely N-dealkylation sites (tertiary alicyclic amines) is 1. The predicted molar refractivity (Wildman–Crippen MR) is 121 cm³/mol. The van der Waals surface area contributed by atoms with E-state index in [2.05, 4.69) is 55.3 Å². The normalized spacial score (nSPS) is 19.5. The Labute approximate surface area is 182 Å². The number of carbonyl (C=O) groups is 2. The SMILES string of the molecule is CC(C)C(=O)N1CCC(C(=O)NC(CN2CCc3ccccc3C2)C(C)(C)C)CC1. The van der Waals surface area contributed by atoms with E-state index in [0.717, 1.165) is 38.9 Å². The van der Waals surface area contributed by atoms with Crippen molar-refractivity contribution in [2.75, 3.05) is 26.2 Å². The van der Waals surface area contributed by atoms with Crippen molar-refractivity contribution < 1.29 is 9.59 Å². The summed E-state index contributed by atoms with van der Waals surface area (Å²) in [5, 5.41) is 3.38. The van der Waals surface area contributed by atoms with E-state index in [1.54, 1.807) is 0 Å². The average Bonchev–Trinajstić information content (AvgIpc) is 2.72. The van der Waals surface area contributed by atoms with Gasteiger partial charge < -0.3 is 10.2 Å². The molecule has 1 saturated heterocycles. The second-order valence-corrected chi connectivity index (χ2v) is 10.4. The van der Waals surface area contributed by atoms with Crippen molar-refractivity contribution in [1.82, 2.24) is 15.1 Å². The molecule has 1 aromatic carbocycles. The maximum Gasteiger partial charge on any atom is 0.225 e. The average molecular weight is 414 g/mol. The van der Waals surface area contributed by atoms with E-state index in [9.17, 15) is 9.59 Å². The van der Waals surface area contributed by atoms with Gasteiger partial charge in [-0.3, -0.25) is 14.5 Å². The van der Waals surface area contributed by atoms with Gasteiger partial charge in [-0.2, -0.15) is 0 Å². The largest absolute Gasteiger partial charge is 0.351 e. The molecule has 0 spiro atoms. The van der Waals surface area contributed by atoms with Gasteiger partial charge in [-0.05, 0) is 35.8 Å². The standard InChI is InChI=1S/C25H39N3O2/c1-18(2)24(30)28-14-11-20(12-15-28)23(29)26-22(25(3,4)5)17-27-13-10-19-8-6-7-9-21(19)16-27/h6-9,18,20,22H,10-17H2,1-5H3,(H,26,29). The summed E-state index contributed by atoms with van der Waals surface area (Å²) in [6.45, 7) is 14.7. The fourth-order valence-electron chi connectivity index (χ4n) is 4.52. The molecule has 1 fully saturated rings. The van der Waals surface area contributed by atoms with Crippen molar-refractivity contribution in [3.05, 3.63) is 35.4 Å². The lowest BCUT2D eigenvalue weighted by Gasteiger charge is -2.39. The molecule has 5 heteroatoms. The molecular formula is C25H39N3O2. The van der Waals surface area contributed by atoms with Crippen LogP contribution in [-0.4, -0.2) is 53.8 Å². The maximum atomic E-state index is 13.1. The van der Waals surface area contributed by atoms with E-state index in [0.29, 0.717) is 13.1 Å². The van der Waals surface area contributed by atoms with E-state index < -0.39 is 0 Å². The molecule has 0 aromatic heterocycles. The van der Waals surface area contributed by atoms with Gasteiger partial charge in [0.1, 0.15) is 0 Å². The van der Waals surface area contributed by atoms with Crippen LogP contribution in [0.5, 0.6) is 0 Å². The lowest BCUT2D eigenvalue weighted by Crippen LogP contribution is -2.54. The summed E-state index contributed by atoms with van der Waals surface area (Å²) in [6.07, 6.45) is 2.60. The molecule has 0 saturated carbocycles. The summed E-state index contributed by atoms with van der Waals surface area (Å²) in [4.78, 5) is 29.7. The highest BCUT2D eigenvalue weighted by molar-refractivity contribution is 5.81.